The molecule has 2 heterocycles. The number of aryl methyl sites for hydroxylation is 4. The fourth-order valence-corrected chi connectivity index (χ4v) is 7.60. The van der Waals surface area contributed by atoms with Crippen LogP contribution in [0.2, 0.25) is 0 Å². The van der Waals surface area contributed by atoms with Crippen LogP contribution in [0.15, 0.2) is 107 Å². The molecule has 47 heavy (non-hydrogen) atoms. The molecule has 0 radical (unpaired) electrons. The molecule has 3 nitrogen and oxygen atoms in total. The van der Waals surface area contributed by atoms with E-state index in [4.69, 9.17) is 4.42 Å². The molecule has 1 aliphatic rings. The monoisotopic (exact) mass is 619 g/mol. The van der Waals surface area contributed by atoms with Gasteiger partial charge in [0.1, 0.15) is 24.2 Å². The van der Waals surface area contributed by atoms with E-state index in [9.17, 15) is 0 Å². The Labute approximate surface area is 279 Å². The minimum Gasteiger partial charge on any atom is -0.455 e. The lowest BCUT2D eigenvalue weighted by molar-refractivity contribution is -0.670. The van der Waals surface area contributed by atoms with E-state index >= 15 is 0 Å². The summed E-state index contributed by atoms with van der Waals surface area (Å²) < 4.78 is 12.1. The summed E-state index contributed by atoms with van der Waals surface area (Å²) in [6.07, 6.45) is 7.83. The molecule has 0 N–H and O–H groups in total. The summed E-state index contributed by atoms with van der Waals surface area (Å²) in [5.74, 6) is 1.21. The number of para-hydroxylation sites is 2. The lowest BCUT2D eigenvalue weighted by atomic mass is 9.85. The van der Waals surface area contributed by atoms with Gasteiger partial charge in [-0.25, -0.2) is 9.13 Å². The number of imidazole rings is 1. The van der Waals surface area contributed by atoms with Crippen molar-refractivity contribution in [3.05, 3.63) is 130 Å². The van der Waals surface area contributed by atoms with Gasteiger partial charge in [0.05, 0.1) is 0 Å². The van der Waals surface area contributed by atoms with Gasteiger partial charge < -0.3 is 4.42 Å². The van der Waals surface area contributed by atoms with Crippen molar-refractivity contribution in [3.8, 4) is 11.4 Å². The summed E-state index contributed by atoms with van der Waals surface area (Å²) in [5.41, 5.74) is 15.8. The number of fused-ring (bicyclic) bond motifs is 4. The van der Waals surface area contributed by atoms with E-state index in [0.29, 0.717) is 0 Å². The Balaban J connectivity index is 1.57. The van der Waals surface area contributed by atoms with Gasteiger partial charge in [-0.05, 0) is 111 Å². The van der Waals surface area contributed by atoms with Gasteiger partial charge >= 0.3 is 0 Å². The second-order valence-electron chi connectivity index (χ2n) is 14.0. The van der Waals surface area contributed by atoms with Crippen molar-refractivity contribution in [3.63, 3.8) is 0 Å². The summed E-state index contributed by atoms with van der Waals surface area (Å²) >= 11 is 0. The molecule has 0 amide bonds. The van der Waals surface area contributed by atoms with Crippen molar-refractivity contribution in [2.75, 3.05) is 0 Å². The fourth-order valence-electron chi connectivity index (χ4n) is 7.60. The quantitative estimate of drug-likeness (QED) is 0.117. The Bertz CT molecular complexity index is 2260. The van der Waals surface area contributed by atoms with E-state index in [1.807, 2.05) is 0 Å². The molecule has 1 atom stereocenters. The maximum Gasteiger partial charge on any atom is 0.294 e. The molecule has 238 valence electrons. The Morgan fingerprint density at radius 3 is 2.36 bits per heavy atom. The van der Waals surface area contributed by atoms with E-state index in [0.717, 1.165) is 43.5 Å². The molecular formula is C44H47N2O+. The number of allylic oxidation sites excluding steroid dienone is 5. The fraction of sp³-hybridized carbons (Fsp3) is 0.295. The molecule has 4 aromatic carbocycles. The highest BCUT2D eigenvalue weighted by Gasteiger charge is 2.38. The third-order valence-electron chi connectivity index (χ3n) is 10.6. The van der Waals surface area contributed by atoms with Crippen molar-refractivity contribution >= 4 is 38.5 Å². The number of rotatable bonds is 9. The molecule has 1 aliphatic carbocycles. The first kappa shape index (κ1) is 31.0. The zero-order chi connectivity index (χ0) is 33.0. The van der Waals surface area contributed by atoms with Crippen LogP contribution in [0.4, 0.5) is 0 Å². The minimum absolute atomic E-state index is 0.169. The summed E-state index contributed by atoms with van der Waals surface area (Å²) in [5, 5.41) is 2.43. The summed E-state index contributed by atoms with van der Waals surface area (Å²) in [6, 6.07) is 26.7. The zero-order valence-corrected chi connectivity index (χ0v) is 29.1. The third-order valence-corrected chi connectivity index (χ3v) is 10.6. The highest BCUT2D eigenvalue weighted by molar-refractivity contribution is 6.12. The number of hydrogen-bond donors (Lipinski definition) is 0. The minimum atomic E-state index is -0.169. The predicted molar refractivity (Wildman–Crippen MR) is 199 cm³/mol. The van der Waals surface area contributed by atoms with Gasteiger partial charge in [-0.3, -0.25) is 0 Å². The molecule has 0 aliphatic heterocycles. The molecular weight excluding hydrogens is 572 g/mol. The van der Waals surface area contributed by atoms with Gasteiger partial charge in [-0.1, -0.05) is 93.1 Å². The Morgan fingerprint density at radius 1 is 0.894 bits per heavy atom. The van der Waals surface area contributed by atoms with E-state index < -0.39 is 0 Å². The smallest absolute Gasteiger partial charge is 0.294 e. The van der Waals surface area contributed by atoms with Crippen molar-refractivity contribution in [1.82, 2.24) is 4.57 Å². The first-order valence-corrected chi connectivity index (χ1v) is 17.2. The molecule has 0 saturated heterocycles. The van der Waals surface area contributed by atoms with Crippen LogP contribution in [0.5, 0.6) is 0 Å². The maximum absolute atomic E-state index is 7.00. The first-order valence-electron chi connectivity index (χ1n) is 17.2. The summed E-state index contributed by atoms with van der Waals surface area (Å²) in [6.45, 7) is 21.9. The predicted octanol–water partition coefficient (Wildman–Crippen LogP) is 11.4. The summed E-state index contributed by atoms with van der Waals surface area (Å²) in [4.78, 5) is 0. The molecule has 7 rings (SSSR count). The zero-order valence-electron chi connectivity index (χ0n) is 29.1. The molecule has 1 unspecified atom stereocenters. The Kier molecular flexibility index (Phi) is 7.83. The number of nitrogens with zero attached hydrogens (tertiary/aromatic N) is 2. The van der Waals surface area contributed by atoms with Crippen LogP contribution in [0.3, 0.4) is 0 Å². The molecule has 0 saturated carbocycles. The van der Waals surface area contributed by atoms with E-state index in [1.54, 1.807) is 0 Å². The highest BCUT2D eigenvalue weighted by atomic mass is 16.3. The van der Waals surface area contributed by atoms with Crippen LogP contribution in [-0.4, -0.2) is 4.57 Å². The third kappa shape index (κ3) is 5.17. The Hall–Kier alpha value is -4.63. The first-order chi connectivity index (χ1) is 22.6. The largest absolute Gasteiger partial charge is 0.455 e. The molecule has 0 spiro atoms. The number of hydrogen-bond acceptors (Lipinski definition) is 1. The number of aromatic nitrogens is 2. The van der Waals surface area contributed by atoms with Gasteiger partial charge in [0, 0.05) is 16.2 Å². The van der Waals surface area contributed by atoms with Crippen LogP contribution in [0.25, 0.3) is 49.9 Å². The van der Waals surface area contributed by atoms with E-state index in [1.165, 1.54) is 77.7 Å². The maximum atomic E-state index is 7.00. The van der Waals surface area contributed by atoms with Crippen LogP contribution < -0.4 is 4.57 Å². The molecule has 0 bridgehead atoms. The van der Waals surface area contributed by atoms with Crippen molar-refractivity contribution in [2.45, 2.75) is 80.8 Å². The molecule has 2 aromatic heterocycles. The average Bonchev–Trinajstić information content (AvgIpc) is 3.67. The summed E-state index contributed by atoms with van der Waals surface area (Å²) in [7, 11) is 0. The van der Waals surface area contributed by atoms with Crippen molar-refractivity contribution in [2.24, 2.45) is 5.41 Å². The van der Waals surface area contributed by atoms with Gasteiger partial charge in [-0.2, -0.15) is 0 Å². The number of furan rings is 1. The lowest BCUT2D eigenvalue weighted by Gasteiger charge is -2.23. The Morgan fingerprint density at radius 2 is 1.62 bits per heavy atom. The van der Waals surface area contributed by atoms with Crippen LogP contribution in [0.1, 0.15) is 68.4 Å². The second-order valence-corrected chi connectivity index (χ2v) is 14.0. The van der Waals surface area contributed by atoms with Gasteiger partial charge in [-0.15, -0.1) is 0 Å². The molecule has 0 fully saturated rings. The van der Waals surface area contributed by atoms with E-state index in [-0.39, 0.29) is 5.41 Å². The lowest BCUT2D eigenvalue weighted by Crippen LogP contribution is -2.43. The highest BCUT2D eigenvalue weighted by Crippen LogP contribution is 2.44. The van der Waals surface area contributed by atoms with Crippen molar-refractivity contribution < 1.29 is 8.98 Å². The van der Waals surface area contributed by atoms with Gasteiger partial charge in [0.25, 0.3) is 5.82 Å². The normalized spacial score (nSPS) is 16.4. The van der Waals surface area contributed by atoms with Gasteiger partial charge in [0.2, 0.25) is 0 Å². The SMILES string of the molecule is C=C(CC)Cn1c(-c2c(CCC)cc(C)c3c2oc2cc(C)c(C)cc23)[n+](CC2(C)C=C(c3ccccc3)C=C2C)c2ccccc21. The average molecular weight is 620 g/mol. The molecule has 6 aromatic rings. The second kappa shape index (κ2) is 11.9. The topological polar surface area (TPSA) is 21.9 Å². The van der Waals surface area contributed by atoms with Gasteiger partial charge in [0.15, 0.2) is 16.6 Å². The van der Waals surface area contributed by atoms with Crippen LogP contribution in [-0.2, 0) is 19.5 Å². The van der Waals surface area contributed by atoms with E-state index in [2.05, 4.69) is 149 Å². The standard InChI is InChI=1S/C44H47N2O/c1-9-16-34-21-31(6)40-36-22-29(4)30(5)23-39(36)47-42(40)41(34)43-45(26-28(3)10-2)37-19-14-15-20-38(37)46(43)27-44(8)25-35(24-32(44)7)33-17-12-11-13-18-33/h11-15,17-25H,3,9-10,16,26-27H2,1-2,4-8H3/q+1. The van der Waals surface area contributed by atoms with Crippen LogP contribution in [0, 0.1) is 26.2 Å². The van der Waals surface area contributed by atoms with Crippen molar-refractivity contribution in [1.29, 1.82) is 0 Å². The molecule has 3 heteroatoms. The number of benzene rings is 4. The van der Waals surface area contributed by atoms with Crippen LogP contribution >= 0.6 is 0 Å².